The highest BCUT2D eigenvalue weighted by atomic mass is 32.1. The number of ether oxygens (including phenoxy) is 1. The summed E-state index contributed by atoms with van der Waals surface area (Å²) in [4.78, 5) is 4.55. The Labute approximate surface area is 132 Å². The highest BCUT2D eigenvalue weighted by Crippen LogP contribution is 2.25. The van der Waals surface area contributed by atoms with Crippen LogP contribution in [0.4, 0.5) is 4.39 Å². The molecule has 2 aromatic carbocycles. The van der Waals surface area contributed by atoms with Crippen LogP contribution in [0.1, 0.15) is 10.6 Å². The van der Waals surface area contributed by atoms with Crippen molar-refractivity contribution in [1.29, 1.82) is 0 Å². The molecule has 0 aliphatic heterocycles. The average Bonchev–Trinajstić information content (AvgIpc) is 3.03. The fourth-order valence-corrected chi connectivity index (χ4v) is 2.80. The second-order valence-electron chi connectivity index (χ2n) is 4.65. The molecule has 0 aliphatic rings. The van der Waals surface area contributed by atoms with E-state index >= 15 is 0 Å². The molecule has 1 aromatic heterocycles. The number of benzene rings is 2. The normalized spacial score (nSPS) is 11.0. The van der Waals surface area contributed by atoms with E-state index in [0.717, 1.165) is 27.6 Å². The standard InChI is InChI=1S/C18H14FNOS/c1-21-17-5-3-2-4-14(17)8-11-18-20-16(12-22-18)13-6-9-15(19)10-7-13/h2-12H,1H3/b11-8+. The van der Waals surface area contributed by atoms with Crippen LogP contribution in [-0.4, -0.2) is 12.1 Å². The maximum atomic E-state index is 12.9. The van der Waals surface area contributed by atoms with Gasteiger partial charge in [0.25, 0.3) is 0 Å². The minimum atomic E-state index is -0.240. The molecule has 0 saturated carbocycles. The third-order valence-corrected chi connectivity index (χ3v) is 4.02. The van der Waals surface area contributed by atoms with Crippen LogP contribution in [-0.2, 0) is 0 Å². The van der Waals surface area contributed by atoms with Gasteiger partial charge in [0.15, 0.2) is 0 Å². The monoisotopic (exact) mass is 311 g/mol. The zero-order valence-corrected chi connectivity index (χ0v) is 12.8. The van der Waals surface area contributed by atoms with Gasteiger partial charge in [-0.15, -0.1) is 11.3 Å². The molecule has 0 saturated heterocycles. The van der Waals surface area contributed by atoms with E-state index in [1.807, 2.05) is 41.8 Å². The summed E-state index contributed by atoms with van der Waals surface area (Å²) in [5.41, 5.74) is 2.77. The lowest BCUT2D eigenvalue weighted by atomic mass is 10.2. The van der Waals surface area contributed by atoms with Crippen molar-refractivity contribution in [2.24, 2.45) is 0 Å². The van der Waals surface area contributed by atoms with E-state index in [9.17, 15) is 4.39 Å². The molecule has 0 N–H and O–H groups in total. The molecule has 1 heterocycles. The van der Waals surface area contributed by atoms with Gasteiger partial charge in [-0.1, -0.05) is 18.2 Å². The van der Waals surface area contributed by atoms with Crippen LogP contribution in [0.15, 0.2) is 53.9 Å². The first-order valence-corrected chi connectivity index (χ1v) is 7.67. The van der Waals surface area contributed by atoms with E-state index in [4.69, 9.17) is 4.74 Å². The Balaban J connectivity index is 1.82. The van der Waals surface area contributed by atoms with Gasteiger partial charge in [0.05, 0.1) is 12.8 Å². The average molecular weight is 311 g/mol. The molecule has 0 fully saturated rings. The third-order valence-electron chi connectivity index (χ3n) is 3.21. The molecule has 2 nitrogen and oxygen atoms in total. The zero-order chi connectivity index (χ0) is 15.4. The van der Waals surface area contributed by atoms with Crippen molar-refractivity contribution in [3.8, 4) is 17.0 Å². The van der Waals surface area contributed by atoms with Crippen molar-refractivity contribution in [3.05, 3.63) is 70.3 Å². The smallest absolute Gasteiger partial charge is 0.126 e. The third kappa shape index (κ3) is 3.23. The van der Waals surface area contributed by atoms with Gasteiger partial charge in [0, 0.05) is 16.5 Å². The van der Waals surface area contributed by atoms with Crippen LogP contribution in [0, 0.1) is 5.82 Å². The van der Waals surface area contributed by atoms with E-state index in [0.29, 0.717) is 0 Å². The Morgan fingerprint density at radius 1 is 1.05 bits per heavy atom. The van der Waals surface area contributed by atoms with Gasteiger partial charge in [-0.3, -0.25) is 0 Å². The molecule has 0 unspecified atom stereocenters. The number of nitrogens with zero attached hydrogens (tertiary/aromatic N) is 1. The first-order chi connectivity index (χ1) is 10.8. The molecular weight excluding hydrogens is 297 g/mol. The Hall–Kier alpha value is -2.46. The summed E-state index contributed by atoms with van der Waals surface area (Å²) >= 11 is 1.55. The van der Waals surface area contributed by atoms with Crippen molar-refractivity contribution in [2.75, 3.05) is 7.11 Å². The molecule has 22 heavy (non-hydrogen) atoms. The quantitative estimate of drug-likeness (QED) is 0.666. The molecule has 0 amide bonds. The van der Waals surface area contributed by atoms with Gasteiger partial charge < -0.3 is 4.74 Å². The molecule has 110 valence electrons. The van der Waals surface area contributed by atoms with Gasteiger partial charge in [0.2, 0.25) is 0 Å². The molecule has 3 aromatic rings. The fraction of sp³-hybridized carbons (Fsp3) is 0.0556. The first-order valence-electron chi connectivity index (χ1n) is 6.79. The van der Waals surface area contributed by atoms with Gasteiger partial charge in [-0.2, -0.15) is 0 Å². The predicted octanol–water partition coefficient (Wildman–Crippen LogP) is 5.13. The summed E-state index contributed by atoms with van der Waals surface area (Å²) in [6.07, 6.45) is 3.93. The van der Waals surface area contributed by atoms with Crippen LogP contribution in [0.25, 0.3) is 23.4 Å². The SMILES string of the molecule is COc1ccccc1/C=C/c1nc(-c2ccc(F)cc2)cs1. The number of rotatable bonds is 4. The number of thiazole rings is 1. The van der Waals surface area contributed by atoms with Gasteiger partial charge in [0.1, 0.15) is 16.6 Å². The first kappa shape index (κ1) is 14.5. The summed E-state index contributed by atoms with van der Waals surface area (Å²) in [6.45, 7) is 0. The minimum Gasteiger partial charge on any atom is -0.496 e. The number of hydrogen-bond acceptors (Lipinski definition) is 3. The maximum absolute atomic E-state index is 12.9. The Bertz CT molecular complexity index is 793. The number of para-hydroxylation sites is 1. The lowest BCUT2D eigenvalue weighted by molar-refractivity contribution is 0.414. The Morgan fingerprint density at radius 3 is 2.59 bits per heavy atom. The van der Waals surface area contributed by atoms with Crippen molar-refractivity contribution < 1.29 is 9.13 Å². The molecule has 0 atom stereocenters. The minimum absolute atomic E-state index is 0.240. The number of aromatic nitrogens is 1. The largest absolute Gasteiger partial charge is 0.496 e. The summed E-state index contributed by atoms with van der Waals surface area (Å²) in [5.74, 6) is 0.587. The van der Waals surface area contributed by atoms with E-state index in [1.165, 1.54) is 12.1 Å². The van der Waals surface area contributed by atoms with Crippen LogP contribution < -0.4 is 4.74 Å². The molecule has 0 bridgehead atoms. The van der Waals surface area contributed by atoms with Crippen molar-refractivity contribution in [2.45, 2.75) is 0 Å². The molecule has 4 heteroatoms. The van der Waals surface area contributed by atoms with Crippen molar-refractivity contribution >= 4 is 23.5 Å². The second kappa shape index (κ2) is 6.54. The number of halogens is 1. The predicted molar refractivity (Wildman–Crippen MR) is 89.4 cm³/mol. The molecule has 0 radical (unpaired) electrons. The highest BCUT2D eigenvalue weighted by molar-refractivity contribution is 7.10. The summed E-state index contributed by atoms with van der Waals surface area (Å²) in [6, 6.07) is 14.2. The zero-order valence-electron chi connectivity index (χ0n) is 12.0. The van der Waals surface area contributed by atoms with E-state index in [1.54, 1.807) is 30.6 Å². The van der Waals surface area contributed by atoms with Gasteiger partial charge in [-0.25, -0.2) is 9.37 Å². The van der Waals surface area contributed by atoms with Crippen LogP contribution in [0.3, 0.4) is 0 Å². The lowest BCUT2D eigenvalue weighted by Crippen LogP contribution is -1.85. The van der Waals surface area contributed by atoms with Crippen LogP contribution >= 0.6 is 11.3 Å². The van der Waals surface area contributed by atoms with Gasteiger partial charge >= 0.3 is 0 Å². The highest BCUT2D eigenvalue weighted by Gasteiger charge is 2.03. The Kier molecular flexibility index (Phi) is 4.30. The van der Waals surface area contributed by atoms with E-state index in [2.05, 4.69) is 4.98 Å². The summed E-state index contributed by atoms with van der Waals surface area (Å²) in [7, 11) is 1.66. The van der Waals surface area contributed by atoms with Gasteiger partial charge in [-0.05, 0) is 42.5 Å². The molecular formula is C18H14FNOS. The number of hydrogen-bond donors (Lipinski definition) is 0. The van der Waals surface area contributed by atoms with E-state index < -0.39 is 0 Å². The maximum Gasteiger partial charge on any atom is 0.126 e. The second-order valence-corrected chi connectivity index (χ2v) is 5.54. The fourth-order valence-electron chi connectivity index (χ4n) is 2.08. The molecule has 0 aliphatic carbocycles. The van der Waals surface area contributed by atoms with Crippen LogP contribution in [0.2, 0.25) is 0 Å². The van der Waals surface area contributed by atoms with E-state index in [-0.39, 0.29) is 5.82 Å². The summed E-state index contributed by atoms with van der Waals surface area (Å²) < 4.78 is 18.3. The Morgan fingerprint density at radius 2 is 1.82 bits per heavy atom. The summed E-state index contributed by atoms with van der Waals surface area (Å²) in [5, 5.41) is 2.86. The molecule has 3 rings (SSSR count). The molecule has 0 spiro atoms. The van der Waals surface area contributed by atoms with Crippen LogP contribution in [0.5, 0.6) is 5.75 Å². The topological polar surface area (TPSA) is 22.1 Å². The lowest BCUT2D eigenvalue weighted by Gasteiger charge is -2.02. The van der Waals surface area contributed by atoms with Crippen molar-refractivity contribution in [3.63, 3.8) is 0 Å². The number of methoxy groups -OCH3 is 1. The van der Waals surface area contributed by atoms with Crippen molar-refractivity contribution in [1.82, 2.24) is 4.98 Å².